The molecule has 7 nitrogen and oxygen atoms in total. The van der Waals surface area contributed by atoms with E-state index in [4.69, 9.17) is 0 Å². The lowest BCUT2D eigenvalue weighted by Crippen LogP contribution is -3.00. The van der Waals surface area contributed by atoms with Crippen LogP contribution in [0.2, 0.25) is 0 Å². The Kier molecular flexibility index (Phi) is 7.67. The van der Waals surface area contributed by atoms with Crippen molar-refractivity contribution in [1.82, 2.24) is 9.99 Å². The Bertz CT molecular complexity index is 1080. The number of amides is 1. The number of nitrogens with zero attached hydrogens (tertiary/aromatic N) is 3. The Balaban J connectivity index is 0.00000280. The van der Waals surface area contributed by atoms with Gasteiger partial charge in [-0.15, -0.1) is 16.4 Å². The van der Waals surface area contributed by atoms with E-state index >= 15 is 0 Å². The number of carbonyl (C=O) groups is 1. The zero-order chi connectivity index (χ0) is 19.4. The lowest BCUT2D eigenvalue weighted by molar-refractivity contribution is -0.384. The zero-order valence-electron chi connectivity index (χ0n) is 14.6. The van der Waals surface area contributed by atoms with E-state index in [1.165, 1.54) is 23.5 Å². The van der Waals surface area contributed by atoms with Gasteiger partial charge >= 0.3 is 0 Å². The van der Waals surface area contributed by atoms with Gasteiger partial charge in [0.2, 0.25) is 4.80 Å². The number of aromatic nitrogens is 1. The first-order valence-electron chi connectivity index (χ1n) is 8.02. The van der Waals surface area contributed by atoms with Crippen LogP contribution in [0.1, 0.15) is 17.3 Å². The maximum atomic E-state index is 12.3. The number of thiazole rings is 1. The number of rotatable bonds is 5. The number of hydrogen-bond acceptors (Lipinski definition) is 5. The predicted octanol–water partition coefficient (Wildman–Crippen LogP) is 1.16. The molecular weight excluding hydrogens is 512 g/mol. The van der Waals surface area contributed by atoms with Crippen LogP contribution in [0.3, 0.4) is 0 Å². The summed E-state index contributed by atoms with van der Waals surface area (Å²) >= 11 is 4.69. The molecule has 0 aliphatic rings. The van der Waals surface area contributed by atoms with Gasteiger partial charge in [-0.1, -0.05) is 34.1 Å². The van der Waals surface area contributed by atoms with Crippen molar-refractivity contribution in [3.63, 3.8) is 0 Å². The van der Waals surface area contributed by atoms with Crippen LogP contribution in [0, 0.1) is 10.1 Å². The Morgan fingerprint density at radius 2 is 2.04 bits per heavy atom. The topological polar surface area (TPSA) is 89.5 Å². The Morgan fingerprint density at radius 1 is 1.29 bits per heavy atom. The minimum Gasteiger partial charge on any atom is -1.00 e. The molecule has 0 saturated carbocycles. The highest BCUT2D eigenvalue weighted by Crippen LogP contribution is 2.24. The summed E-state index contributed by atoms with van der Waals surface area (Å²) in [6, 6.07) is 13.5. The standard InChI is InChI=1S/C18H15BrN4O3S.BrH/c1-2-22-16(12-5-4-8-15(10-12)23(25)26)11-27-18(22)21-20-17(24)13-6-3-7-14(19)9-13;/h3-11H,2H2,1H3,(H,20,24);1H/p-1/b21-18-;. The van der Waals surface area contributed by atoms with Gasteiger partial charge in [0.1, 0.15) is 0 Å². The second kappa shape index (κ2) is 9.76. The number of non-ortho nitro benzene ring substituents is 1. The van der Waals surface area contributed by atoms with Gasteiger partial charge in [-0.2, -0.15) is 0 Å². The number of nitro benzene ring substituents is 1. The van der Waals surface area contributed by atoms with Crippen molar-refractivity contribution < 1.29 is 26.7 Å². The highest BCUT2D eigenvalue weighted by molar-refractivity contribution is 9.10. The normalized spacial score (nSPS) is 11.0. The molecule has 0 fully saturated rings. The lowest BCUT2D eigenvalue weighted by Gasteiger charge is -2.06. The van der Waals surface area contributed by atoms with E-state index in [-0.39, 0.29) is 28.6 Å². The van der Waals surface area contributed by atoms with Gasteiger partial charge in [0.25, 0.3) is 11.6 Å². The largest absolute Gasteiger partial charge is 1.00 e. The smallest absolute Gasteiger partial charge is 0.271 e. The van der Waals surface area contributed by atoms with Crippen molar-refractivity contribution in [2.45, 2.75) is 13.5 Å². The van der Waals surface area contributed by atoms with E-state index in [2.05, 4.69) is 26.5 Å². The van der Waals surface area contributed by atoms with Crippen molar-refractivity contribution in [3.8, 4) is 11.3 Å². The Morgan fingerprint density at radius 3 is 2.71 bits per heavy atom. The molecule has 0 atom stereocenters. The number of nitrogens with one attached hydrogen (secondary N) is 1. The van der Waals surface area contributed by atoms with Gasteiger partial charge in [0.05, 0.1) is 10.6 Å². The van der Waals surface area contributed by atoms with Crippen LogP contribution in [0.15, 0.2) is 63.5 Å². The third-order valence-electron chi connectivity index (χ3n) is 3.81. The molecule has 1 aromatic heterocycles. The molecule has 0 saturated heterocycles. The molecule has 2 aromatic carbocycles. The van der Waals surface area contributed by atoms with Gasteiger partial charge in [0.15, 0.2) is 0 Å². The number of nitro groups is 1. The van der Waals surface area contributed by atoms with Crippen LogP contribution >= 0.6 is 27.3 Å². The van der Waals surface area contributed by atoms with Crippen LogP contribution in [0.4, 0.5) is 5.69 Å². The Labute approximate surface area is 183 Å². The molecule has 0 bridgehead atoms. The summed E-state index contributed by atoms with van der Waals surface area (Å²) in [5, 5.41) is 17.1. The van der Waals surface area contributed by atoms with E-state index in [1.807, 2.05) is 29.0 Å². The molecule has 1 N–H and O–H groups in total. The highest BCUT2D eigenvalue weighted by atomic mass is 79.9. The van der Waals surface area contributed by atoms with E-state index in [0.717, 1.165) is 15.7 Å². The first-order chi connectivity index (χ1) is 13.0. The molecule has 10 heteroatoms. The summed E-state index contributed by atoms with van der Waals surface area (Å²) in [6.45, 7) is 2.55. The summed E-state index contributed by atoms with van der Waals surface area (Å²) < 4.78 is 2.70. The first-order valence-corrected chi connectivity index (χ1v) is 9.69. The fraction of sp³-hybridized carbons (Fsp3) is 0.111. The second-order valence-electron chi connectivity index (χ2n) is 5.52. The number of carbonyl (C=O) groups excluding carboxylic acids is 1. The zero-order valence-corrected chi connectivity index (χ0v) is 18.6. The van der Waals surface area contributed by atoms with Crippen LogP contribution in [0.5, 0.6) is 0 Å². The molecule has 1 amide bonds. The number of benzene rings is 2. The van der Waals surface area contributed by atoms with Crippen molar-refractivity contribution in [3.05, 3.63) is 78.9 Å². The van der Waals surface area contributed by atoms with Crippen LogP contribution in [0.25, 0.3) is 11.3 Å². The summed E-state index contributed by atoms with van der Waals surface area (Å²) in [4.78, 5) is 23.5. The van der Waals surface area contributed by atoms with Crippen molar-refractivity contribution in [2.24, 2.45) is 5.10 Å². The third-order valence-corrected chi connectivity index (χ3v) is 5.16. The summed E-state index contributed by atoms with van der Waals surface area (Å²) in [5.41, 5.74) is 4.61. The molecule has 28 heavy (non-hydrogen) atoms. The van der Waals surface area contributed by atoms with Crippen molar-refractivity contribution in [2.75, 3.05) is 0 Å². The maximum absolute atomic E-state index is 12.3. The number of halogens is 2. The van der Waals surface area contributed by atoms with Crippen LogP contribution in [-0.2, 0) is 6.54 Å². The summed E-state index contributed by atoms with van der Waals surface area (Å²) in [5.74, 6) is -0.316. The van der Waals surface area contributed by atoms with Crippen LogP contribution in [-0.4, -0.2) is 15.4 Å². The first kappa shape index (κ1) is 22.0. The average molecular weight is 527 g/mol. The summed E-state index contributed by atoms with van der Waals surface area (Å²) in [7, 11) is 0. The third kappa shape index (κ3) is 4.94. The molecule has 0 aliphatic carbocycles. The molecule has 0 aliphatic heterocycles. The average Bonchev–Trinajstić information content (AvgIpc) is 3.09. The quantitative estimate of drug-likeness (QED) is 0.399. The van der Waals surface area contributed by atoms with E-state index in [9.17, 15) is 14.9 Å². The van der Waals surface area contributed by atoms with Gasteiger partial charge in [0, 0.05) is 39.7 Å². The predicted molar refractivity (Wildman–Crippen MR) is 107 cm³/mol. The second-order valence-corrected chi connectivity index (χ2v) is 7.27. The molecule has 0 spiro atoms. The Hall–Kier alpha value is -2.30. The van der Waals surface area contributed by atoms with Crippen molar-refractivity contribution in [1.29, 1.82) is 0 Å². The summed E-state index contributed by atoms with van der Waals surface area (Å²) in [6.07, 6.45) is 0. The van der Waals surface area contributed by atoms with E-state index < -0.39 is 4.92 Å². The minimum absolute atomic E-state index is 0. The van der Waals surface area contributed by atoms with Crippen molar-refractivity contribution >= 4 is 38.9 Å². The molecule has 3 rings (SSSR count). The van der Waals surface area contributed by atoms with Gasteiger partial charge in [-0.25, -0.2) is 5.43 Å². The van der Waals surface area contributed by atoms with Gasteiger partial charge in [-0.05, 0) is 25.1 Å². The molecule has 146 valence electrons. The fourth-order valence-corrected chi connectivity index (χ4v) is 3.86. The molecule has 1 heterocycles. The van der Waals surface area contributed by atoms with Gasteiger partial charge in [-0.3, -0.25) is 14.9 Å². The minimum atomic E-state index is -0.421. The molecule has 3 aromatic rings. The maximum Gasteiger partial charge on any atom is 0.271 e. The van der Waals surface area contributed by atoms with E-state index in [0.29, 0.717) is 16.9 Å². The monoisotopic (exact) mass is 525 g/mol. The highest BCUT2D eigenvalue weighted by Gasteiger charge is 2.12. The van der Waals surface area contributed by atoms with Gasteiger partial charge < -0.3 is 21.5 Å². The SMILES string of the molecule is CCn1c(-c2cccc([N+](=O)[O-])c2)cs/c1=N\NC(=O)c1cccc(Br)c1.[Br-]. The molecular formula is C18H15Br2N4O3S-. The lowest BCUT2D eigenvalue weighted by atomic mass is 10.1. The fourth-order valence-electron chi connectivity index (χ4n) is 2.53. The molecule has 0 unspecified atom stereocenters. The van der Waals surface area contributed by atoms with Crippen LogP contribution < -0.4 is 27.2 Å². The molecule has 0 radical (unpaired) electrons. The number of hydrogen-bond donors (Lipinski definition) is 1. The van der Waals surface area contributed by atoms with E-state index in [1.54, 1.807) is 24.3 Å².